The van der Waals surface area contributed by atoms with Crippen LogP contribution in [0.5, 0.6) is 0 Å². The van der Waals surface area contributed by atoms with Gasteiger partial charge in [0.05, 0.1) is 0 Å². The van der Waals surface area contributed by atoms with E-state index in [4.69, 9.17) is 4.43 Å². The van der Waals surface area contributed by atoms with Crippen molar-refractivity contribution in [1.29, 1.82) is 0 Å². The Labute approximate surface area is 129 Å². The van der Waals surface area contributed by atoms with Crippen LogP contribution in [-0.4, -0.2) is 25.5 Å². The van der Waals surface area contributed by atoms with Crippen LogP contribution in [0.1, 0.15) is 39.2 Å². The van der Waals surface area contributed by atoms with E-state index in [2.05, 4.69) is 46.0 Å². The van der Waals surface area contributed by atoms with Crippen molar-refractivity contribution in [2.45, 2.75) is 64.3 Å². The number of aryl methyl sites for hydroxylation is 1. The van der Waals surface area contributed by atoms with E-state index in [0.717, 1.165) is 12.8 Å². The summed E-state index contributed by atoms with van der Waals surface area (Å²) in [5, 5.41) is 9.42. The molecule has 1 unspecified atom stereocenters. The van der Waals surface area contributed by atoms with Gasteiger partial charge in [-0.05, 0) is 43.0 Å². The minimum Gasteiger partial charge on any atom is -0.479 e. The van der Waals surface area contributed by atoms with Crippen LogP contribution in [-0.2, 0) is 15.6 Å². The van der Waals surface area contributed by atoms with Gasteiger partial charge in [-0.3, -0.25) is 0 Å². The number of carbonyl (C=O) groups is 1. The van der Waals surface area contributed by atoms with Gasteiger partial charge in [-0.25, -0.2) is 4.79 Å². The number of carboxylic acid groups (broad SMARTS) is 1. The second-order valence-corrected chi connectivity index (χ2v) is 11.8. The average Bonchev–Trinajstić information content (AvgIpc) is 2.37. The standard InChI is InChI=1S/C17H28O3Si/c1-17(2,3)21(4,5)20-15(16(18)19)13-9-12-14-10-7-6-8-11-14/h6-8,10-11,15H,9,12-13H2,1-5H3,(H,18,19). The van der Waals surface area contributed by atoms with E-state index < -0.39 is 20.4 Å². The van der Waals surface area contributed by atoms with Crippen molar-refractivity contribution >= 4 is 14.3 Å². The molecule has 0 bridgehead atoms. The van der Waals surface area contributed by atoms with E-state index in [9.17, 15) is 9.90 Å². The van der Waals surface area contributed by atoms with Crippen molar-refractivity contribution in [3.8, 4) is 0 Å². The highest BCUT2D eigenvalue weighted by Gasteiger charge is 2.40. The van der Waals surface area contributed by atoms with Gasteiger partial charge in [0, 0.05) is 0 Å². The molecule has 0 spiro atoms. The highest BCUT2D eigenvalue weighted by Crippen LogP contribution is 2.37. The van der Waals surface area contributed by atoms with Crippen molar-refractivity contribution in [2.24, 2.45) is 0 Å². The first-order chi connectivity index (χ1) is 9.63. The van der Waals surface area contributed by atoms with Crippen LogP contribution in [0.15, 0.2) is 30.3 Å². The van der Waals surface area contributed by atoms with Crippen LogP contribution in [0.25, 0.3) is 0 Å². The van der Waals surface area contributed by atoms with Gasteiger partial charge in [0.25, 0.3) is 0 Å². The fraction of sp³-hybridized carbons (Fsp3) is 0.588. The molecule has 0 saturated carbocycles. The van der Waals surface area contributed by atoms with Gasteiger partial charge in [-0.15, -0.1) is 0 Å². The fourth-order valence-corrected chi connectivity index (χ4v) is 3.19. The van der Waals surface area contributed by atoms with Gasteiger partial charge < -0.3 is 9.53 Å². The molecule has 1 aromatic rings. The SMILES string of the molecule is CC(C)(C)[Si](C)(C)OC(CCCc1ccccc1)C(=O)O. The summed E-state index contributed by atoms with van der Waals surface area (Å²) in [6.07, 6.45) is 1.60. The number of carboxylic acids is 1. The van der Waals surface area contributed by atoms with E-state index >= 15 is 0 Å². The van der Waals surface area contributed by atoms with Gasteiger partial charge in [0.15, 0.2) is 8.32 Å². The molecular formula is C17H28O3Si. The van der Waals surface area contributed by atoms with Gasteiger partial charge in [0.1, 0.15) is 6.10 Å². The van der Waals surface area contributed by atoms with Crippen LogP contribution in [0.2, 0.25) is 18.1 Å². The van der Waals surface area contributed by atoms with E-state index in [1.54, 1.807) is 0 Å². The quantitative estimate of drug-likeness (QED) is 0.755. The molecule has 0 aliphatic heterocycles. The normalized spacial score (nSPS) is 14.0. The Morgan fingerprint density at radius 2 is 1.81 bits per heavy atom. The first kappa shape index (κ1) is 17.9. The summed E-state index contributed by atoms with van der Waals surface area (Å²) in [5.41, 5.74) is 1.24. The number of rotatable bonds is 7. The zero-order chi connectivity index (χ0) is 16.1. The van der Waals surface area contributed by atoms with Crippen molar-refractivity contribution in [3.05, 3.63) is 35.9 Å². The summed E-state index contributed by atoms with van der Waals surface area (Å²) in [6, 6.07) is 10.2. The summed E-state index contributed by atoms with van der Waals surface area (Å²) in [6.45, 7) is 10.6. The minimum atomic E-state index is -2.04. The van der Waals surface area contributed by atoms with Crippen molar-refractivity contribution in [1.82, 2.24) is 0 Å². The van der Waals surface area contributed by atoms with Crippen LogP contribution >= 0.6 is 0 Å². The lowest BCUT2D eigenvalue weighted by Gasteiger charge is -2.38. The Morgan fingerprint density at radius 3 is 2.29 bits per heavy atom. The monoisotopic (exact) mass is 308 g/mol. The predicted octanol–water partition coefficient (Wildman–Crippen LogP) is 4.48. The summed E-state index contributed by atoms with van der Waals surface area (Å²) >= 11 is 0. The van der Waals surface area contributed by atoms with Crippen LogP contribution < -0.4 is 0 Å². The topological polar surface area (TPSA) is 46.5 Å². The second-order valence-electron chi connectivity index (χ2n) is 7.08. The maximum absolute atomic E-state index is 11.4. The van der Waals surface area contributed by atoms with Crippen LogP contribution in [0.4, 0.5) is 0 Å². The highest BCUT2D eigenvalue weighted by atomic mass is 28.4. The predicted molar refractivity (Wildman–Crippen MR) is 89.1 cm³/mol. The third-order valence-corrected chi connectivity index (χ3v) is 8.78. The zero-order valence-electron chi connectivity index (χ0n) is 13.8. The lowest BCUT2D eigenvalue weighted by Crippen LogP contribution is -2.46. The molecule has 0 heterocycles. The molecule has 0 aromatic heterocycles. The number of hydrogen-bond acceptors (Lipinski definition) is 2. The third-order valence-electron chi connectivity index (χ3n) is 4.29. The second kappa shape index (κ2) is 7.23. The molecule has 1 atom stereocenters. The third kappa shape index (κ3) is 5.63. The van der Waals surface area contributed by atoms with E-state index in [-0.39, 0.29) is 5.04 Å². The molecule has 21 heavy (non-hydrogen) atoms. The maximum atomic E-state index is 11.4. The molecule has 0 amide bonds. The molecule has 0 radical (unpaired) electrons. The Balaban J connectivity index is 2.57. The maximum Gasteiger partial charge on any atom is 0.331 e. The van der Waals surface area contributed by atoms with E-state index in [0.29, 0.717) is 6.42 Å². The van der Waals surface area contributed by atoms with Crippen LogP contribution in [0.3, 0.4) is 0 Å². The molecule has 1 N–H and O–H groups in total. The molecule has 1 rings (SSSR count). The number of hydrogen-bond donors (Lipinski definition) is 1. The largest absolute Gasteiger partial charge is 0.479 e. The molecule has 0 saturated heterocycles. The fourth-order valence-electron chi connectivity index (χ4n) is 1.90. The molecule has 3 nitrogen and oxygen atoms in total. The molecule has 4 heteroatoms. The molecule has 0 aliphatic carbocycles. The molecule has 0 fully saturated rings. The van der Waals surface area contributed by atoms with Crippen molar-refractivity contribution < 1.29 is 14.3 Å². The summed E-state index contributed by atoms with van der Waals surface area (Å²) in [7, 11) is -2.04. The van der Waals surface area contributed by atoms with Gasteiger partial charge >= 0.3 is 5.97 Å². The van der Waals surface area contributed by atoms with Gasteiger partial charge in [0.2, 0.25) is 0 Å². The molecule has 118 valence electrons. The number of benzene rings is 1. The lowest BCUT2D eigenvalue weighted by atomic mass is 10.1. The summed E-state index contributed by atoms with van der Waals surface area (Å²) in [5.74, 6) is -0.840. The highest BCUT2D eigenvalue weighted by molar-refractivity contribution is 6.74. The number of aliphatic carboxylic acids is 1. The minimum absolute atomic E-state index is 0.0279. The van der Waals surface area contributed by atoms with Crippen molar-refractivity contribution in [2.75, 3.05) is 0 Å². The molecule has 0 aliphatic rings. The average molecular weight is 308 g/mol. The van der Waals surface area contributed by atoms with E-state index in [1.807, 2.05) is 18.2 Å². The summed E-state index contributed by atoms with van der Waals surface area (Å²) in [4.78, 5) is 11.4. The smallest absolute Gasteiger partial charge is 0.331 e. The Kier molecular flexibility index (Phi) is 6.17. The van der Waals surface area contributed by atoms with Crippen molar-refractivity contribution in [3.63, 3.8) is 0 Å². The van der Waals surface area contributed by atoms with Crippen LogP contribution in [0, 0.1) is 0 Å². The Hall–Kier alpha value is -1.13. The molecule has 1 aromatic carbocycles. The lowest BCUT2D eigenvalue weighted by molar-refractivity contribution is -0.146. The molecular weight excluding hydrogens is 280 g/mol. The van der Waals surface area contributed by atoms with Gasteiger partial charge in [-0.1, -0.05) is 51.1 Å². The zero-order valence-corrected chi connectivity index (χ0v) is 14.8. The first-order valence-corrected chi connectivity index (χ1v) is 10.5. The van der Waals surface area contributed by atoms with E-state index in [1.165, 1.54) is 5.56 Å². The summed E-state index contributed by atoms with van der Waals surface area (Å²) < 4.78 is 6.04. The Bertz CT molecular complexity index is 449. The first-order valence-electron chi connectivity index (χ1n) is 7.58. The van der Waals surface area contributed by atoms with Gasteiger partial charge in [-0.2, -0.15) is 0 Å². The Morgan fingerprint density at radius 1 is 1.24 bits per heavy atom.